The third-order valence-electron chi connectivity index (χ3n) is 12.8. The Morgan fingerprint density at radius 3 is 1.62 bits per heavy atom. The molecule has 0 atom stereocenters. The fourth-order valence-electron chi connectivity index (χ4n) is 9.50. The summed E-state index contributed by atoms with van der Waals surface area (Å²) in [5.41, 5.74) is 19.1. The van der Waals surface area contributed by atoms with Gasteiger partial charge in [-0.1, -0.05) is 160 Å². The maximum atomic E-state index is 3.78. The zero-order chi connectivity index (χ0) is 41.5. The van der Waals surface area contributed by atoms with Gasteiger partial charge in [-0.3, -0.25) is 0 Å². The number of fused-ring (bicyclic) bond motifs is 4. The minimum absolute atomic E-state index is 0.000959. The largest absolute Gasteiger partial charge is 0.355 e. The Kier molecular flexibility index (Phi) is 10.0. The molecule has 2 nitrogen and oxygen atoms in total. The highest BCUT2D eigenvalue weighted by Gasteiger charge is 2.24. The van der Waals surface area contributed by atoms with Crippen molar-refractivity contribution in [2.75, 3.05) is 10.2 Å². The van der Waals surface area contributed by atoms with E-state index in [0.717, 1.165) is 37.1 Å². The standard InChI is InChI=1S/C59H52N2/c1-40-15-5-6-16-41(40)25-26-42-17-7-12-22-54(42)60-48-34-29-45(30-35-48)58-51-21-11-10-20-50(51)57(52-38-33-47(39-53(52)58)59(2,3)4)46-31-36-49(37-32-46)61-55-23-13-8-18-43(55)27-28-44-19-9-14-24-56(44)61/h5-24,29-39,60H,25-28H2,1-4H3. The molecule has 0 fully saturated rings. The first-order valence-corrected chi connectivity index (χ1v) is 21.9. The molecule has 0 aliphatic carbocycles. The summed E-state index contributed by atoms with van der Waals surface area (Å²) in [6.07, 6.45) is 4.06. The number of nitrogens with one attached hydrogen (secondary N) is 1. The van der Waals surface area contributed by atoms with E-state index in [9.17, 15) is 0 Å². The van der Waals surface area contributed by atoms with Crippen LogP contribution in [-0.4, -0.2) is 0 Å². The zero-order valence-electron chi connectivity index (χ0n) is 35.7. The Labute approximate surface area is 361 Å². The molecule has 0 bridgehead atoms. The fraction of sp³-hybridized carbons (Fsp3) is 0.153. The molecule has 2 heteroatoms. The Bertz CT molecular complexity index is 2990. The topological polar surface area (TPSA) is 15.3 Å². The Hall–Kier alpha value is -6.90. The lowest BCUT2D eigenvalue weighted by Crippen LogP contribution is -2.11. The van der Waals surface area contributed by atoms with E-state index >= 15 is 0 Å². The molecule has 0 spiro atoms. The van der Waals surface area contributed by atoms with Crippen LogP contribution in [-0.2, 0) is 31.1 Å². The summed E-state index contributed by atoms with van der Waals surface area (Å²) in [4.78, 5) is 2.46. The van der Waals surface area contributed by atoms with Crippen molar-refractivity contribution in [2.45, 2.75) is 58.8 Å². The first kappa shape index (κ1) is 38.3. The van der Waals surface area contributed by atoms with E-state index in [2.05, 4.69) is 226 Å². The van der Waals surface area contributed by atoms with Crippen molar-refractivity contribution in [1.82, 2.24) is 0 Å². The van der Waals surface area contributed by atoms with Crippen LogP contribution in [0.4, 0.5) is 28.4 Å². The second-order valence-electron chi connectivity index (χ2n) is 17.7. The molecule has 0 unspecified atom stereocenters. The van der Waals surface area contributed by atoms with Crippen LogP contribution in [0.2, 0.25) is 0 Å². The van der Waals surface area contributed by atoms with Crippen molar-refractivity contribution in [3.63, 3.8) is 0 Å². The molecule has 1 aliphatic rings. The second kappa shape index (κ2) is 15.9. The Morgan fingerprint density at radius 2 is 0.984 bits per heavy atom. The summed E-state index contributed by atoms with van der Waals surface area (Å²) in [6.45, 7) is 9.14. The molecule has 0 saturated heterocycles. The fourth-order valence-corrected chi connectivity index (χ4v) is 9.50. The van der Waals surface area contributed by atoms with E-state index < -0.39 is 0 Å². The van der Waals surface area contributed by atoms with Gasteiger partial charge in [0, 0.05) is 28.4 Å². The van der Waals surface area contributed by atoms with Gasteiger partial charge in [-0.15, -0.1) is 0 Å². The first-order chi connectivity index (χ1) is 29.8. The normalized spacial score (nSPS) is 12.6. The van der Waals surface area contributed by atoms with E-state index in [-0.39, 0.29) is 5.41 Å². The van der Waals surface area contributed by atoms with Crippen LogP contribution in [0.5, 0.6) is 0 Å². The molecular weight excluding hydrogens is 737 g/mol. The molecule has 1 aliphatic heterocycles. The first-order valence-electron chi connectivity index (χ1n) is 21.9. The molecule has 9 aromatic rings. The van der Waals surface area contributed by atoms with Crippen molar-refractivity contribution in [3.8, 4) is 22.3 Å². The molecule has 0 aromatic heterocycles. The van der Waals surface area contributed by atoms with Gasteiger partial charge in [-0.25, -0.2) is 0 Å². The summed E-state index contributed by atoms with van der Waals surface area (Å²) < 4.78 is 0. The molecule has 1 N–H and O–H groups in total. The average molecular weight is 789 g/mol. The van der Waals surface area contributed by atoms with Gasteiger partial charge in [-0.2, -0.15) is 0 Å². The van der Waals surface area contributed by atoms with Gasteiger partial charge < -0.3 is 10.2 Å². The maximum absolute atomic E-state index is 3.78. The second-order valence-corrected chi connectivity index (χ2v) is 17.7. The number of aryl methyl sites for hydroxylation is 5. The Balaban J connectivity index is 1.05. The van der Waals surface area contributed by atoms with E-state index in [1.54, 1.807) is 0 Å². The summed E-state index contributed by atoms with van der Waals surface area (Å²) in [5.74, 6) is 0. The highest BCUT2D eigenvalue weighted by Crippen LogP contribution is 2.47. The van der Waals surface area contributed by atoms with E-state index in [4.69, 9.17) is 0 Å². The van der Waals surface area contributed by atoms with Crippen LogP contribution < -0.4 is 10.2 Å². The monoisotopic (exact) mass is 788 g/mol. The molecule has 0 saturated carbocycles. The van der Waals surface area contributed by atoms with E-state index in [1.807, 2.05) is 0 Å². The lowest BCUT2D eigenvalue weighted by molar-refractivity contribution is 0.591. The molecule has 0 radical (unpaired) electrons. The molecular formula is C59H52N2. The van der Waals surface area contributed by atoms with Crippen LogP contribution in [0.15, 0.2) is 188 Å². The minimum atomic E-state index is -0.000959. The number of nitrogens with zero attached hydrogens (tertiary/aromatic N) is 1. The summed E-state index contributed by atoms with van der Waals surface area (Å²) in [7, 11) is 0. The van der Waals surface area contributed by atoms with Crippen LogP contribution in [0.1, 0.15) is 54.2 Å². The SMILES string of the molecule is Cc1ccccc1CCc1ccccc1Nc1ccc(-c2c3ccccc3c(-c3ccc(N4c5ccccc5CCc5ccccc54)cc3)c3ccc(C(C)(C)C)cc23)cc1. The van der Waals surface area contributed by atoms with Crippen molar-refractivity contribution < 1.29 is 0 Å². The number of para-hydroxylation sites is 3. The third-order valence-corrected chi connectivity index (χ3v) is 12.8. The van der Waals surface area contributed by atoms with Crippen molar-refractivity contribution in [3.05, 3.63) is 221 Å². The van der Waals surface area contributed by atoms with Gasteiger partial charge in [0.05, 0.1) is 0 Å². The average Bonchev–Trinajstić information content (AvgIpc) is 3.45. The lowest BCUT2D eigenvalue weighted by Gasteiger charge is -2.27. The van der Waals surface area contributed by atoms with Crippen LogP contribution in [0.3, 0.4) is 0 Å². The molecule has 10 rings (SSSR count). The molecule has 61 heavy (non-hydrogen) atoms. The van der Waals surface area contributed by atoms with Gasteiger partial charge in [0.25, 0.3) is 0 Å². The molecule has 9 aromatic carbocycles. The highest BCUT2D eigenvalue weighted by molar-refractivity contribution is 6.21. The lowest BCUT2D eigenvalue weighted by atomic mass is 9.81. The molecule has 0 amide bonds. The van der Waals surface area contributed by atoms with Gasteiger partial charge in [-0.05, 0) is 164 Å². The van der Waals surface area contributed by atoms with Gasteiger partial charge >= 0.3 is 0 Å². The summed E-state index contributed by atoms with van der Waals surface area (Å²) in [5, 5.41) is 8.85. The van der Waals surface area contributed by atoms with Crippen molar-refractivity contribution in [1.29, 1.82) is 0 Å². The predicted molar refractivity (Wildman–Crippen MR) is 261 cm³/mol. The quantitative estimate of drug-likeness (QED) is 0.154. The van der Waals surface area contributed by atoms with Crippen LogP contribution >= 0.6 is 0 Å². The summed E-state index contributed by atoms with van der Waals surface area (Å²) in [6, 6.07) is 69.8. The molecule has 1 heterocycles. The predicted octanol–water partition coefficient (Wildman–Crippen LogP) is 16.0. The van der Waals surface area contributed by atoms with Crippen molar-refractivity contribution >= 4 is 50.0 Å². The summed E-state index contributed by atoms with van der Waals surface area (Å²) >= 11 is 0. The van der Waals surface area contributed by atoms with Crippen molar-refractivity contribution in [2.24, 2.45) is 0 Å². The van der Waals surface area contributed by atoms with E-state index in [0.29, 0.717) is 0 Å². The highest BCUT2D eigenvalue weighted by atomic mass is 15.1. The number of hydrogen-bond acceptors (Lipinski definition) is 2. The smallest absolute Gasteiger partial charge is 0.0493 e. The number of anilines is 5. The number of rotatable bonds is 8. The maximum Gasteiger partial charge on any atom is 0.0493 e. The Morgan fingerprint density at radius 1 is 0.475 bits per heavy atom. The van der Waals surface area contributed by atoms with Gasteiger partial charge in [0.15, 0.2) is 0 Å². The van der Waals surface area contributed by atoms with Crippen LogP contribution in [0, 0.1) is 6.92 Å². The molecule has 298 valence electrons. The van der Waals surface area contributed by atoms with Gasteiger partial charge in [0.2, 0.25) is 0 Å². The third kappa shape index (κ3) is 7.38. The number of hydrogen-bond donors (Lipinski definition) is 1. The zero-order valence-corrected chi connectivity index (χ0v) is 35.7. The van der Waals surface area contributed by atoms with E-state index in [1.165, 1.54) is 94.2 Å². The minimum Gasteiger partial charge on any atom is -0.355 e. The number of benzene rings is 9. The van der Waals surface area contributed by atoms with Gasteiger partial charge in [0.1, 0.15) is 0 Å². The van der Waals surface area contributed by atoms with Crippen LogP contribution in [0.25, 0.3) is 43.8 Å².